The molecular formula is CCl3Li. The second-order valence-corrected chi connectivity index (χ2v) is 1.93. The van der Waals surface area contributed by atoms with E-state index in [1.807, 2.05) is 0 Å². The second kappa shape index (κ2) is 5.47. The summed E-state index contributed by atoms with van der Waals surface area (Å²) in [6.07, 6.45) is 0. The first-order valence-corrected chi connectivity index (χ1v) is 1.70. The first kappa shape index (κ1) is 9.69. The van der Waals surface area contributed by atoms with Crippen molar-refractivity contribution in [2.75, 3.05) is 0 Å². The summed E-state index contributed by atoms with van der Waals surface area (Å²) < 4.78 is -0.167. The van der Waals surface area contributed by atoms with Crippen molar-refractivity contribution in [3.63, 3.8) is 0 Å². The first-order chi connectivity index (χ1) is 1.73. The van der Waals surface area contributed by atoms with Crippen LogP contribution in [0.1, 0.15) is 0 Å². The van der Waals surface area contributed by atoms with Crippen LogP contribution in [0.15, 0.2) is 0 Å². The van der Waals surface area contributed by atoms with Crippen LogP contribution in [-0.2, 0) is 0 Å². The van der Waals surface area contributed by atoms with Gasteiger partial charge in [-0.25, -0.2) is 0 Å². The molecule has 0 aliphatic rings. The zero-order valence-corrected chi connectivity index (χ0v) is 4.90. The largest absolute Gasteiger partial charge is 1.00 e. The predicted molar refractivity (Wildman–Crippen MR) is 20.8 cm³/mol. The fourth-order valence-corrected chi connectivity index (χ4v) is 0. The summed E-state index contributed by atoms with van der Waals surface area (Å²) in [5.74, 6) is 0. The van der Waals surface area contributed by atoms with Crippen LogP contribution in [0.25, 0.3) is 0 Å². The maximum Gasteiger partial charge on any atom is 1.00 e. The second-order valence-electron chi connectivity index (χ2n) is 0.214. The van der Waals surface area contributed by atoms with Crippen molar-refractivity contribution in [2.24, 2.45) is 0 Å². The third-order valence-electron chi connectivity index (χ3n) is 0. The van der Waals surface area contributed by atoms with Gasteiger partial charge in [-0.2, -0.15) is 0 Å². The Morgan fingerprint density at radius 1 is 1.00 bits per heavy atom. The van der Waals surface area contributed by atoms with Crippen molar-refractivity contribution >= 4 is 34.8 Å². The summed E-state index contributed by atoms with van der Waals surface area (Å²) in [6, 6.07) is 0. The average Bonchev–Trinajstić information content (AvgIpc) is 0.811. The predicted octanol–water partition coefficient (Wildman–Crippen LogP) is -0.846. The molecule has 0 heterocycles. The van der Waals surface area contributed by atoms with Crippen LogP contribution in [0.2, 0.25) is 0 Å². The Bertz CT molecular complexity index is 11.6. The first-order valence-electron chi connectivity index (χ1n) is 0.567. The average molecular weight is 125 g/mol. The molecule has 0 atom stereocenters. The maximum atomic E-state index is 4.72. The maximum absolute atomic E-state index is 4.72. The number of halogens is 3. The van der Waals surface area contributed by atoms with E-state index in [0.717, 1.165) is 0 Å². The molecule has 0 amide bonds. The normalized spacial score (nSPS) is 7.20. The smallest absolute Gasteiger partial charge is 0.312 e. The molecule has 0 aromatic rings. The van der Waals surface area contributed by atoms with Gasteiger partial charge in [-0.05, 0) is 0 Å². The fraction of sp³-hybridized carbons (Fsp3) is 0. The van der Waals surface area contributed by atoms with E-state index in [0.29, 0.717) is 0 Å². The molecule has 0 aliphatic heterocycles. The van der Waals surface area contributed by atoms with Crippen LogP contribution in [0, 0.1) is 4.30 Å². The van der Waals surface area contributed by atoms with Crippen LogP contribution in [-0.4, -0.2) is 0 Å². The molecule has 0 aromatic heterocycles. The summed E-state index contributed by atoms with van der Waals surface area (Å²) in [5.41, 5.74) is 0. The van der Waals surface area contributed by atoms with Crippen LogP contribution in [0.5, 0.6) is 0 Å². The van der Waals surface area contributed by atoms with E-state index in [-0.39, 0.29) is 23.2 Å². The topological polar surface area (TPSA) is 0 Å². The Balaban J connectivity index is 0. The molecule has 5 heavy (non-hydrogen) atoms. The number of hydrogen-bond donors (Lipinski definition) is 0. The molecule has 0 nitrogen and oxygen atoms in total. The molecule has 4 heteroatoms. The van der Waals surface area contributed by atoms with Crippen molar-refractivity contribution in [3.05, 3.63) is 4.30 Å². The van der Waals surface area contributed by atoms with Gasteiger partial charge in [0.1, 0.15) is 0 Å². The van der Waals surface area contributed by atoms with Gasteiger partial charge in [0.15, 0.2) is 0 Å². The standard InChI is InChI=1S/CCl3.Li/c2-1(3)4;/q-1;+1. The van der Waals surface area contributed by atoms with Gasteiger partial charge in [0.05, 0.1) is 0 Å². The van der Waals surface area contributed by atoms with E-state index < -0.39 is 0 Å². The summed E-state index contributed by atoms with van der Waals surface area (Å²) in [5, 5.41) is 0. The molecule has 0 unspecified atom stereocenters. The third kappa shape index (κ3) is 30.5. The molecule has 0 aliphatic carbocycles. The van der Waals surface area contributed by atoms with Gasteiger partial charge in [-0.1, -0.05) is 4.30 Å². The van der Waals surface area contributed by atoms with Crippen molar-refractivity contribution < 1.29 is 18.9 Å². The van der Waals surface area contributed by atoms with E-state index in [4.69, 9.17) is 34.8 Å². The van der Waals surface area contributed by atoms with Gasteiger partial charge in [0, 0.05) is 0 Å². The SMILES string of the molecule is Cl[C-](Cl)Cl.[Li+]. The van der Waals surface area contributed by atoms with E-state index in [2.05, 4.69) is 0 Å². The molecule has 0 radical (unpaired) electrons. The van der Waals surface area contributed by atoms with Gasteiger partial charge in [0.25, 0.3) is 0 Å². The molecule has 0 N–H and O–H groups in total. The summed E-state index contributed by atoms with van der Waals surface area (Å²) in [6.45, 7) is 0. The minimum atomic E-state index is -0.167. The zero-order chi connectivity index (χ0) is 3.58. The van der Waals surface area contributed by atoms with E-state index in [1.54, 1.807) is 0 Å². The minimum absolute atomic E-state index is 0. The van der Waals surface area contributed by atoms with Gasteiger partial charge in [-0.15, -0.1) is 0 Å². The van der Waals surface area contributed by atoms with Crippen LogP contribution < -0.4 is 18.9 Å². The zero-order valence-electron chi connectivity index (χ0n) is 2.63. The van der Waals surface area contributed by atoms with Crippen molar-refractivity contribution in [1.82, 2.24) is 0 Å². The number of rotatable bonds is 0. The third-order valence-corrected chi connectivity index (χ3v) is 0. The van der Waals surface area contributed by atoms with Gasteiger partial charge in [0.2, 0.25) is 0 Å². The van der Waals surface area contributed by atoms with Gasteiger partial charge >= 0.3 is 18.9 Å². The van der Waals surface area contributed by atoms with E-state index in [9.17, 15) is 0 Å². The fourth-order valence-electron chi connectivity index (χ4n) is 0. The monoisotopic (exact) mass is 124 g/mol. The molecule has 0 saturated heterocycles. The Hall–Kier alpha value is 1.47. The molecule has 0 fully saturated rings. The molecule has 0 bridgehead atoms. The van der Waals surface area contributed by atoms with Crippen LogP contribution >= 0.6 is 34.8 Å². The summed E-state index contributed by atoms with van der Waals surface area (Å²) >= 11 is 14.2. The molecule has 0 saturated carbocycles. The Labute approximate surface area is 57.9 Å². The van der Waals surface area contributed by atoms with Gasteiger partial charge in [-0.3, -0.25) is 0 Å². The van der Waals surface area contributed by atoms with Crippen LogP contribution in [0.4, 0.5) is 0 Å². The summed E-state index contributed by atoms with van der Waals surface area (Å²) in [4.78, 5) is 0. The summed E-state index contributed by atoms with van der Waals surface area (Å²) in [7, 11) is 0. The molecule has 0 rings (SSSR count). The molecular weight excluding hydrogens is 125 g/mol. The van der Waals surface area contributed by atoms with E-state index in [1.165, 1.54) is 0 Å². The van der Waals surface area contributed by atoms with Crippen molar-refractivity contribution in [3.8, 4) is 0 Å². The van der Waals surface area contributed by atoms with Gasteiger partial charge < -0.3 is 34.8 Å². The molecule has 26 valence electrons. The Morgan fingerprint density at radius 3 is 1.00 bits per heavy atom. The van der Waals surface area contributed by atoms with E-state index >= 15 is 0 Å². The molecule has 0 spiro atoms. The van der Waals surface area contributed by atoms with Crippen LogP contribution in [0.3, 0.4) is 0 Å². The Morgan fingerprint density at radius 2 is 1.00 bits per heavy atom. The van der Waals surface area contributed by atoms with Crippen molar-refractivity contribution in [1.29, 1.82) is 0 Å². The van der Waals surface area contributed by atoms with Crippen molar-refractivity contribution in [2.45, 2.75) is 0 Å². The molecule has 0 aromatic carbocycles. The quantitative estimate of drug-likeness (QED) is 0.292. The minimum Gasteiger partial charge on any atom is -0.312 e. The Kier molecular flexibility index (Phi) is 10.6. The number of hydrogen-bond acceptors (Lipinski definition) is 0.